The first kappa shape index (κ1) is 31.7. The summed E-state index contributed by atoms with van der Waals surface area (Å²) in [6, 6.07) is 10.4. The number of hydrogen-bond donors (Lipinski definition) is 0. The Morgan fingerprint density at radius 1 is 1.15 bits per heavy atom. The first-order valence-corrected chi connectivity index (χ1v) is 15.9. The van der Waals surface area contributed by atoms with Gasteiger partial charge < -0.3 is 4.90 Å². The maximum absolute atomic E-state index is 14.7. The first-order chi connectivity index (χ1) is 19.4. The molecule has 2 amide bonds. The van der Waals surface area contributed by atoms with Crippen molar-refractivity contribution in [2.24, 2.45) is 11.1 Å². The van der Waals surface area contributed by atoms with Crippen molar-refractivity contribution in [1.82, 2.24) is 19.6 Å². The number of carbonyl (C=O) groups is 2. The molecule has 2 aromatic rings. The number of nitrogens with zero attached hydrogens (tertiary/aromatic N) is 6. The molecule has 1 aromatic carbocycles. The van der Waals surface area contributed by atoms with E-state index in [9.17, 15) is 14.5 Å². The smallest absolute Gasteiger partial charge is 0.259 e. The molecule has 41 heavy (non-hydrogen) atoms. The summed E-state index contributed by atoms with van der Waals surface area (Å²) in [5.41, 5.74) is 0.305. The van der Waals surface area contributed by atoms with Crippen molar-refractivity contribution in [2.75, 3.05) is 39.6 Å². The zero-order chi connectivity index (χ0) is 29.9. The highest BCUT2D eigenvalue weighted by molar-refractivity contribution is 7.27. The van der Waals surface area contributed by atoms with Crippen LogP contribution in [0.5, 0.6) is 0 Å². The van der Waals surface area contributed by atoms with Gasteiger partial charge in [0.1, 0.15) is 12.4 Å². The molecule has 11 heteroatoms. The van der Waals surface area contributed by atoms with Crippen molar-refractivity contribution in [3.63, 3.8) is 0 Å². The Morgan fingerprint density at radius 3 is 2.46 bits per heavy atom. The molecule has 224 valence electrons. The van der Waals surface area contributed by atoms with Crippen LogP contribution < -0.4 is 10.2 Å². The first-order valence-electron chi connectivity index (χ1n) is 14.7. The fraction of sp³-hybridized carbons (Fsp3) is 0.633. The Balaban J connectivity index is 1.78. The van der Waals surface area contributed by atoms with Gasteiger partial charge in [0.2, 0.25) is 5.91 Å². The highest BCUT2D eigenvalue weighted by Crippen LogP contribution is 2.46. The number of likely N-dealkylation sites (N-methyl/N-ethyl adjacent to an activating group) is 1. The van der Waals surface area contributed by atoms with E-state index in [2.05, 4.69) is 66.9 Å². The highest BCUT2D eigenvalue weighted by atomic mass is 31.0. The quantitative estimate of drug-likeness (QED) is 0.313. The minimum absolute atomic E-state index is 0.0166. The molecule has 2 heterocycles. The molecule has 5 atom stereocenters. The standard InChI is InChI=1S/C30H46N6O3P2/c1-21(40)25-18-26(36(31-25)20-27(37)33(2)3)35-16-7-6-13-30(34(4)5,23-9-8-10-24(41)17-23)15-14-29(32-39,28(35)38)19-22-11-12-22/h8-10,17-18,21-22H,6-7,11-16,19-20,40-41H2,1-5H3/t21?,29?,30-/m0/s1. The summed E-state index contributed by atoms with van der Waals surface area (Å²) in [5, 5.41) is 9.54. The van der Waals surface area contributed by atoms with E-state index in [4.69, 9.17) is 5.10 Å². The Bertz CT molecular complexity index is 1260. The van der Waals surface area contributed by atoms with Crippen LogP contribution in [-0.4, -0.2) is 71.7 Å². The summed E-state index contributed by atoms with van der Waals surface area (Å²) >= 11 is 0. The molecule has 4 unspecified atom stereocenters. The van der Waals surface area contributed by atoms with Gasteiger partial charge in [-0.3, -0.25) is 19.4 Å². The van der Waals surface area contributed by atoms with Gasteiger partial charge in [-0.25, -0.2) is 4.68 Å². The van der Waals surface area contributed by atoms with Crippen molar-refractivity contribution in [1.29, 1.82) is 0 Å². The predicted molar refractivity (Wildman–Crippen MR) is 172 cm³/mol. The normalized spacial score (nSPS) is 24.8. The number of nitroso groups, excluding NO2 is 1. The van der Waals surface area contributed by atoms with E-state index in [1.807, 2.05) is 13.0 Å². The second kappa shape index (κ2) is 13.0. The van der Waals surface area contributed by atoms with Crippen molar-refractivity contribution >= 4 is 41.4 Å². The van der Waals surface area contributed by atoms with Gasteiger partial charge in [-0.2, -0.15) is 5.10 Å². The summed E-state index contributed by atoms with van der Waals surface area (Å²) in [7, 11) is 13.1. The molecule has 0 N–H and O–H groups in total. The van der Waals surface area contributed by atoms with E-state index in [0.29, 0.717) is 37.5 Å². The van der Waals surface area contributed by atoms with Gasteiger partial charge in [-0.05, 0) is 75.5 Å². The van der Waals surface area contributed by atoms with Crippen LogP contribution in [0.3, 0.4) is 0 Å². The third kappa shape index (κ3) is 6.89. The van der Waals surface area contributed by atoms with Crippen molar-refractivity contribution in [3.8, 4) is 0 Å². The Kier molecular flexibility index (Phi) is 10.0. The third-order valence-corrected chi connectivity index (χ3v) is 9.60. The lowest BCUT2D eigenvalue weighted by Gasteiger charge is -2.44. The molecular formula is C30H46N6O3P2. The molecule has 1 aliphatic heterocycles. The Hall–Kier alpha value is -2.21. The molecule has 1 saturated carbocycles. The van der Waals surface area contributed by atoms with E-state index in [-0.39, 0.29) is 29.6 Å². The minimum Gasteiger partial charge on any atom is -0.347 e. The van der Waals surface area contributed by atoms with Crippen LogP contribution >= 0.6 is 18.5 Å². The van der Waals surface area contributed by atoms with Crippen molar-refractivity contribution in [3.05, 3.63) is 46.5 Å². The average molecular weight is 601 g/mol. The fourth-order valence-corrected chi connectivity index (χ4v) is 6.54. The maximum atomic E-state index is 14.7. The summed E-state index contributed by atoms with van der Waals surface area (Å²) < 4.78 is 1.63. The summed E-state index contributed by atoms with van der Waals surface area (Å²) in [4.78, 5) is 45.8. The van der Waals surface area contributed by atoms with Crippen LogP contribution in [0.4, 0.5) is 5.82 Å². The lowest BCUT2D eigenvalue weighted by atomic mass is 9.74. The molecule has 2 aliphatic rings. The third-order valence-electron chi connectivity index (χ3n) is 8.90. The van der Waals surface area contributed by atoms with E-state index in [1.54, 1.807) is 23.7 Å². The Morgan fingerprint density at radius 2 is 1.88 bits per heavy atom. The van der Waals surface area contributed by atoms with Crippen LogP contribution in [0.25, 0.3) is 0 Å². The van der Waals surface area contributed by atoms with Crippen LogP contribution in [0.15, 0.2) is 35.5 Å². The maximum Gasteiger partial charge on any atom is 0.259 e. The van der Waals surface area contributed by atoms with E-state index in [0.717, 1.165) is 43.1 Å². The van der Waals surface area contributed by atoms with E-state index in [1.165, 1.54) is 10.5 Å². The Labute approximate surface area is 249 Å². The second-order valence-electron chi connectivity index (χ2n) is 12.4. The van der Waals surface area contributed by atoms with Crippen LogP contribution in [-0.2, 0) is 21.7 Å². The molecule has 0 spiro atoms. The zero-order valence-electron chi connectivity index (χ0n) is 25.2. The monoisotopic (exact) mass is 600 g/mol. The average Bonchev–Trinajstić information content (AvgIpc) is 3.65. The predicted octanol–water partition coefficient (Wildman–Crippen LogP) is 4.47. The molecule has 9 nitrogen and oxygen atoms in total. The van der Waals surface area contributed by atoms with Crippen LogP contribution in [0.2, 0.25) is 0 Å². The zero-order valence-corrected chi connectivity index (χ0v) is 27.5. The van der Waals surface area contributed by atoms with E-state index >= 15 is 0 Å². The molecule has 2 fully saturated rings. The van der Waals surface area contributed by atoms with Crippen molar-refractivity contribution < 1.29 is 9.59 Å². The lowest BCUT2D eigenvalue weighted by molar-refractivity contribution is -0.129. The van der Waals surface area contributed by atoms with Gasteiger partial charge >= 0.3 is 0 Å². The number of aromatic nitrogens is 2. The molecule has 0 bridgehead atoms. The topological polar surface area (TPSA) is 91.1 Å². The van der Waals surface area contributed by atoms with Gasteiger partial charge in [0.25, 0.3) is 5.91 Å². The molecule has 4 rings (SSSR count). The van der Waals surface area contributed by atoms with Gasteiger partial charge in [-0.15, -0.1) is 23.4 Å². The van der Waals surface area contributed by atoms with Crippen LogP contribution in [0.1, 0.15) is 75.2 Å². The summed E-state index contributed by atoms with van der Waals surface area (Å²) in [6.45, 7) is 2.46. The molecule has 1 aliphatic carbocycles. The largest absolute Gasteiger partial charge is 0.347 e. The SMILES string of the molecule is CC(P)c1cc(N2CCCC[C@](c3cccc(P)c3)(N(C)C)CCC(CC3CC3)(N=O)C2=O)n(CC(=O)N(C)C)n1. The number of benzene rings is 1. The molecular weight excluding hydrogens is 554 g/mol. The summed E-state index contributed by atoms with van der Waals surface area (Å²) in [5.74, 6) is 0.507. The van der Waals surface area contributed by atoms with Gasteiger partial charge in [0.05, 0.1) is 5.69 Å². The fourth-order valence-electron chi connectivity index (χ4n) is 6.09. The number of hydrogen-bond acceptors (Lipinski definition) is 6. The highest BCUT2D eigenvalue weighted by Gasteiger charge is 2.50. The molecule has 1 aromatic heterocycles. The second-order valence-corrected chi connectivity index (χ2v) is 14.1. The van der Waals surface area contributed by atoms with Crippen molar-refractivity contribution in [2.45, 2.75) is 81.6 Å². The number of rotatable bonds is 9. The van der Waals surface area contributed by atoms with Gasteiger partial charge in [-0.1, -0.05) is 43.1 Å². The number of anilines is 1. The minimum atomic E-state index is -1.38. The number of amides is 2. The van der Waals surface area contributed by atoms with Gasteiger partial charge in [0.15, 0.2) is 5.54 Å². The van der Waals surface area contributed by atoms with E-state index < -0.39 is 5.54 Å². The number of carbonyl (C=O) groups excluding carboxylic acids is 2. The lowest BCUT2D eigenvalue weighted by Crippen LogP contribution is -2.52. The summed E-state index contributed by atoms with van der Waals surface area (Å²) in [6.07, 6.45) is 6.02. The van der Waals surface area contributed by atoms with Crippen LogP contribution in [0, 0.1) is 10.8 Å². The molecule has 0 radical (unpaired) electrons. The molecule has 1 saturated heterocycles. The van der Waals surface area contributed by atoms with Gasteiger partial charge in [0, 0.05) is 37.9 Å².